The van der Waals surface area contributed by atoms with Crippen molar-refractivity contribution >= 4 is 11.8 Å². The average Bonchev–Trinajstić information content (AvgIpc) is 2.50. The van der Waals surface area contributed by atoms with Crippen LogP contribution in [0.1, 0.15) is 44.9 Å². The Morgan fingerprint density at radius 2 is 1.77 bits per heavy atom. The van der Waals surface area contributed by atoms with Gasteiger partial charge in [-0.1, -0.05) is 19.3 Å². The van der Waals surface area contributed by atoms with E-state index in [0.29, 0.717) is 0 Å². The molecule has 1 fully saturated rings. The van der Waals surface area contributed by atoms with Crippen LogP contribution in [0, 0.1) is 5.92 Å². The summed E-state index contributed by atoms with van der Waals surface area (Å²) in [6, 6.07) is 0. The van der Waals surface area contributed by atoms with Crippen LogP contribution >= 0.6 is 0 Å². The van der Waals surface area contributed by atoms with Gasteiger partial charge in [0.05, 0.1) is 0 Å². The second-order valence-electron chi connectivity index (χ2n) is 6.07. The summed E-state index contributed by atoms with van der Waals surface area (Å²) < 4.78 is 4.75. The number of piperidine rings is 1. The first-order valence-electron chi connectivity index (χ1n) is 8.40. The Balaban J connectivity index is 1.88. The van der Waals surface area contributed by atoms with Crippen molar-refractivity contribution in [3.05, 3.63) is 0 Å². The maximum atomic E-state index is 11.1. The number of nitrogens with two attached hydrogens (primary N) is 1. The molecule has 22 heavy (non-hydrogen) atoms. The summed E-state index contributed by atoms with van der Waals surface area (Å²) in [6.45, 7) is 4.00. The van der Waals surface area contributed by atoms with Crippen molar-refractivity contribution in [3.8, 4) is 0 Å². The van der Waals surface area contributed by atoms with E-state index < -0.39 is 0 Å². The van der Waals surface area contributed by atoms with Gasteiger partial charge in [0.2, 0.25) is 11.8 Å². The number of likely N-dealkylation sites (tertiary alicyclic amines) is 1. The van der Waals surface area contributed by atoms with Crippen LogP contribution in [0.15, 0.2) is 0 Å². The molecule has 0 bridgehead atoms. The largest absolute Gasteiger partial charge is 0.375 e. The monoisotopic (exact) mass is 313 g/mol. The van der Waals surface area contributed by atoms with Crippen LogP contribution in [-0.4, -0.2) is 56.6 Å². The Kier molecular flexibility index (Phi) is 9.82. The van der Waals surface area contributed by atoms with Crippen LogP contribution in [0.2, 0.25) is 0 Å². The van der Waals surface area contributed by atoms with E-state index in [1.54, 1.807) is 0 Å². The molecule has 0 spiro atoms. The number of primary amides is 1. The minimum atomic E-state index is -0.141. The second-order valence-corrected chi connectivity index (χ2v) is 6.07. The first kappa shape index (κ1) is 18.9. The van der Waals surface area contributed by atoms with Crippen LogP contribution in [-0.2, 0) is 14.3 Å². The number of methoxy groups -OCH3 is 1. The van der Waals surface area contributed by atoms with Crippen molar-refractivity contribution in [2.45, 2.75) is 44.9 Å². The van der Waals surface area contributed by atoms with Gasteiger partial charge in [-0.2, -0.15) is 0 Å². The maximum Gasteiger partial charge on any atom is 0.245 e. The molecule has 2 amide bonds. The normalized spacial score (nSPS) is 16.6. The van der Waals surface area contributed by atoms with Gasteiger partial charge in [0.25, 0.3) is 0 Å². The number of rotatable bonds is 11. The molecular weight excluding hydrogens is 282 g/mol. The van der Waals surface area contributed by atoms with Crippen molar-refractivity contribution in [2.75, 3.05) is 39.9 Å². The predicted octanol–water partition coefficient (Wildman–Crippen LogP) is 0.897. The van der Waals surface area contributed by atoms with Crippen molar-refractivity contribution < 1.29 is 14.3 Å². The third-order valence-corrected chi connectivity index (χ3v) is 4.24. The molecule has 0 aromatic rings. The number of carbonyl (C=O) groups is 2. The number of nitrogens with one attached hydrogen (secondary N) is 1. The molecule has 0 aromatic heterocycles. The van der Waals surface area contributed by atoms with Crippen LogP contribution in [0.5, 0.6) is 0 Å². The molecule has 1 saturated heterocycles. The fourth-order valence-corrected chi connectivity index (χ4v) is 2.84. The van der Waals surface area contributed by atoms with Gasteiger partial charge in [-0.05, 0) is 45.3 Å². The van der Waals surface area contributed by atoms with Gasteiger partial charge >= 0.3 is 0 Å². The highest BCUT2D eigenvalue weighted by atomic mass is 16.5. The highest BCUT2D eigenvalue weighted by molar-refractivity contribution is 5.77. The minimum Gasteiger partial charge on any atom is -0.375 e. The first-order chi connectivity index (χ1) is 10.6. The Morgan fingerprint density at radius 1 is 1.14 bits per heavy atom. The molecule has 6 heteroatoms. The van der Waals surface area contributed by atoms with E-state index in [2.05, 4.69) is 10.2 Å². The summed E-state index contributed by atoms with van der Waals surface area (Å²) in [6.07, 6.45) is 7.64. The predicted molar refractivity (Wildman–Crippen MR) is 86.3 cm³/mol. The van der Waals surface area contributed by atoms with Gasteiger partial charge in [-0.15, -0.1) is 0 Å². The third kappa shape index (κ3) is 8.34. The highest BCUT2D eigenvalue weighted by Gasteiger charge is 2.22. The van der Waals surface area contributed by atoms with Crippen LogP contribution in [0.4, 0.5) is 0 Å². The molecule has 1 heterocycles. The molecule has 3 N–H and O–H groups in total. The van der Waals surface area contributed by atoms with E-state index >= 15 is 0 Å². The molecule has 0 atom stereocenters. The summed E-state index contributed by atoms with van der Waals surface area (Å²) in [5, 5.41) is 2.83. The number of ether oxygens (including phenoxy) is 1. The zero-order valence-corrected chi connectivity index (χ0v) is 13.8. The van der Waals surface area contributed by atoms with Crippen LogP contribution in [0.25, 0.3) is 0 Å². The maximum absolute atomic E-state index is 11.1. The quantitative estimate of drug-likeness (QED) is 0.555. The lowest BCUT2D eigenvalue weighted by Gasteiger charge is -2.30. The van der Waals surface area contributed by atoms with Gasteiger partial charge in [0.15, 0.2) is 0 Å². The molecule has 0 radical (unpaired) electrons. The summed E-state index contributed by atoms with van der Waals surface area (Å²) in [4.78, 5) is 24.7. The molecule has 128 valence electrons. The topological polar surface area (TPSA) is 84.7 Å². The molecule has 1 rings (SSSR count). The Hall–Kier alpha value is -1.14. The van der Waals surface area contributed by atoms with E-state index in [1.807, 2.05) is 0 Å². The van der Waals surface area contributed by atoms with E-state index in [9.17, 15) is 9.59 Å². The van der Waals surface area contributed by atoms with E-state index in [1.165, 1.54) is 26.4 Å². The zero-order valence-electron chi connectivity index (χ0n) is 13.8. The van der Waals surface area contributed by atoms with Crippen LogP contribution < -0.4 is 11.1 Å². The standard InChI is InChI=1S/C16H31N3O3/c1-22-13-15(20)18-9-5-3-2-4-6-10-19-11-7-14(8-12-19)16(17)21/h14H,2-13H2,1H3,(H2,17,21)(H,18,20). The summed E-state index contributed by atoms with van der Waals surface area (Å²) in [5.74, 6) is -0.0938. The van der Waals surface area contributed by atoms with Gasteiger partial charge < -0.3 is 20.7 Å². The molecule has 1 aliphatic rings. The van der Waals surface area contributed by atoms with Crippen molar-refractivity contribution in [2.24, 2.45) is 11.7 Å². The number of nitrogens with zero attached hydrogens (tertiary/aromatic N) is 1. The number of carbonyl (C=O) groups excluding carboxylic acids is 2. The van der Waals surface area contributed by atoms with Crippen LogP contribution in [0.3, 0.4) is 0 Å². The van der Waals surface area contributed by atoms with E-state index in [0.717, 1.165) is 51.9 Å². The molecule has 0 unspecified atom stereocenters. The van der Waals surface area contributed by atoms with E-state index in [-0.39, 0.29) is 24.3 Å². The lowest BCUT2D eigenvalue weighted by Crippen LogP contribution is -2.38. The fourth-order valence-electron chi connectivity index (χ4n) is 2.84. The minimum absolute atomic E-state index is 0.0399. The van der Waals surface area contributed by atoms with Gasteiger partial charge in [-0.25, -0.2) is 0 Å². The zero-order chi connectivity index (χ0) is 16.2. The van der Waals surface area contributed by atoms with Crippen molar-refractivity contribution in [1.82, 2.24) is 10.2 Å². The third-order valence-electron chi connectivity index (χ3n) is 4.24. The second kappa shape index (κ2) is 11.4. The number of hydrogen-bond acceptors (Lipinski definition) is 4. The molecular formula is C16H31N3O3. The first-order valence-corrected chi connectivity index (χ1v) is 8.40. The number of amides is 2. The van der Waals surface area contributed by atoms with Crippen molar-refractivity contribution in [3.63, 3.8) is 0 Å². The van der Waals surface area contributed by atoms with Gasteiger partial charge in [0, 0.05) is 19.6 Å². The summed E-state index contributed by atoms with van der Waals surface area (Å²) in [5.41, 5.74) is 5.34. The fraction of sp³-hybridized carbons (Fsp3) is 0.875. The van der Waals surface area contributed by atoms with Gasteiger partial charge in [-0.3, -0.25) is 9.59 Å². The molecule has 0 aliphatic carbocycles. The van der Waals surface area contributed by atoms with Gasteiger partial charge in [0.1, 0.15) is 6.61 Å². The molecule has 0 aromatic carbocycles. The number of unbranched alkanes of at least 4 members (excludes halogenated alkanes) is 4. The number of hydrogen-bond donors (Lipinski definition) is 2. The SMILES string of the molecule is COCC(=O)NCCCCCCCN1CCC(C(N)=O)CC1. The Labute approximate surface area is 133 Å². The Morgan fingerprint density at radius 3 is 2.41 bits per heavy atom. The molecule has 0 saturated carbocycles. The van der Waals surface area contributed by atoms with Crippen molar-refractivity contribution in [1.29, 1.82) is 0 Å². The highest BCUT2D eigenvalue weighted by Crippen LogP contribution is 2.17. The summed E-state index contributed by atoms with van der Waals surface area (Å²) >= 11 is 0. The average molecular weight is 313 g/mol. The Bertz CT molecular complexity index is 329. The smallest absolute Gasteiger partial charge is 0.245 e. The molecule has 1 aliphatic heterocycles. The summed E-state index contributed by atoms with van der Waals surface area (Å²) in [7, 11) is 1.52. The lowest BCUT2D eigenvalue weighted by molar-refractivity contribution is -0.125. The van der Waals surface area contributed by atoms with E-state index in [4.69, 9.17) is 10.5 Å². The molecule has 6 nitrogen and oxygen atoms in total. The lowest BCUT2D eigenvalue weighted by atomic mass is 9.96.